The minimum absolute atomic E-state index is 0.407. The van der Waals surface area contributed by atoms with E-state index in [1.54, 1.807) is 0 Å². The van der Waals surface area contributed by atoms with Crippen LogP contribution in [0, 0.1) is 0 Å². The summed E-state index contributed by atoms with van der Waals surface area (Å²) in [4.78, 5) is 2.52. The van der Waals surface area contributed by atoms with Crippen molar-refractivity contribution in [1.29, 1.82) is 0 Å². The molecule has 0 bridgehead atoms. The summed E-state index contributed by atoms with van der Waals surface area (Å²) in [5.74, 6) is 1.04. The number of hydrogen-bond acceptors (Lipinski definition) is 3. The van der Waals surface area contributed by atoms with Crippen molar-refractivity contribution in [1.82, 2.24) is 4.90 Å². The fraction of sp³-hybridized carbons (Fsp3) is 0.368. The maximum absolute atomic E-state index is 5.96. The van der Waals surface area contributed by atoms with Gasteiger partial charge in [-0.1, -0.05) is 36.4 Å². The fourth-order valence-corrected chi connectivity index (χ4v) is 3.44. The van der Waals surface area contributed by atoms with Crippen LogP contribution < -0.4 is 10.1 Å². The normalized spacial score (nSPS) is 20.5. The lowest BCUT2D eigenvalue weighted by Gasteiger charge is -2.27. The Hall–Kier alpha value is -2.00. The first-order valence-corrected chi connectivity index (χ1v) is 8.10. The molecule has 0 aromatic heterocycles. The summed E-state index contributed by atoms with van der Waals surface area (Å²) >= 11 is 0. The van der Waals surface area contributed by atoms with Gasteiger partial charge in [0.2, 0.25) is 0 Å². The van der Waals surface area contributed by atoms with Gasteiger partial charge in [0, 0.05) is 36.9 Å². The van der Waals surface area contributed by atoms with E-state index in [0.717, 1.165) is 38.4 Å². The number of hydrogen-bond donors (Lipinski definition) is 1. The molecule has 2 aliphatic heterocycles. The molecule has 0 saturated carbocycles. The molecule has 2 aromatic carbocycles. The molecule has 1 atom stereocenters. The largest absolute Gasteiger partial charge is 0.492 e. The first kappa shape index (κ1) is 13.6. The lowest BCUT2D eigenvalue weighted by Crippen LogP contribution is -2.34. The van der Waals surface area contributed by atoms with Crippen molar-refractivity contribution in [2.45, 2.75) is 32.5 Å². The smallest absolute Gasteiger partial charge is 0.123 e. The molecule has 0 aliphatic carbocycles. The molecular formula is C19H22N2O. The molecule has 4 rings (SSSR count). The fourth-order valence-electron chi connectivity index (χ4n) is 3.44. The Balaban J connectivity index is 1.61. The number of benzene rings is 2. The summed E-state index contributed by atoms with van der Waals surface area (Å²) in [6, 6.07) is 15.5. The number of nitrogens with one attached hydrogen (secondary N) is 1. The highest BCUT2D eigenvalue weighted by atomic mass is 16.5. The van der Waals surface area contributed by atoms with Gasteiger partial charge in [0.15, 0.2) is 0 Å². The van der Waals surface area contributed by atoms with Crippen LogP contribution in [-0.2, 0) is 19.5 Å². The number of fused-ring (bicyclic) bond motifs is 2. The van der Waals surface area contributed by atoms with Gasteiger partial charge in [-0.05, 0) is 30.5 Å². The number of anilines is 1. The predicted molar refractivity (Wildman–Crippen MR) is 89.3 cm³/mol. The van der Waals surface area contributed by atoms with E-state index in [0.29, 0.717) is 6.04 Å². The lowest BCUT2D eigenvalue weighted by atomic mass is 10.1. The monoisotopic (exact) mass is 294 g/mol. The van der Waals surface area contributed by atoms with Crippen LogP contribution in [0.5, 0.6) is 5.75 Å². The molecule has 3 nitrogen and oxygen atoms in total. The zero-order chi connectivity index (χ0) is 14.9. The van der Waals surface area contributed by atoms with Gasteiger partial charge in [0.1, 0.15) is 12.4 Å². The van der Waals surface area contributed by atoms with Crippen molar-refractivity contribution in [3.63, 3.8) is 0 Å². The molecule has 0 saturated heterocycles. The summed E-state index contributed by atoms with van der Waals surface area (Å²) in [6.07, 6.45) is 1.14. The lowest BCUT2D eigenvalue weighted by molar-refractivity contribution is 0.151. The van der Waals surface area contributed by atoms with E-state index in [2.05, 4.69) is 53.5 Å². The minimum Gasteiger partial charge on any atom is -0.492 e. The van der Waals surface area contributed by atoms with Crippen molar-refractivity contribution in [2.24, 2.45) is 0 Å². The van der Waals surface area contributed by atoms with E-state index < -0.39 is 0 Å². The first-order chi connectivity index (χ1) is 10.8. The van der Waals surface area contributed by atoms with Crippen LogP contribution in [0.2, 0.25) is 0 Å². The van der Waals surface area contributed by atoms with Gasteiger partial charge >= 0.3 is 0 Å². The van der Waals surface area contributed by atoms with Crippen molar-refractivity contribution < 1.29 is 4.74 Å². The molecule has 0 fully saturated rings. The molecule has 2 aromatic rings. The van der Waals surface area contributed by atoms with Crippen molar-refractivity contribution in [3.8, 4) is 5.75 Å². The third-order valence-corrected chi connectivity index (χ3v) is 4.76. The molecule has 2 aliphatic rings. The third-order valence-electron chi connectivity index (χ3n) is 4.76. The van der Waals surface area contributed by atoms with E-state index in [1.165, 1.54) is 22.4 Å². The topological polar surface area (TPSA) is 24.5 Å². The minimum atomic E-state index is 0.407. The van der Waals surface area contributed by atoms with Gasteiger partial charge in [0.05, 0.1) is 0 Å². The maximum Gasteiger partial charge on any atom is 0.123 e. The predicted octanol–water partition coefficient (Wildman–Crippen LogP) is 3.44. The Labute approximate surface area is 131 Å². The highest BCUT2D eigenvalue weighted by molar-refractivity contribution is 5.61. The summed E-state index contributed by atoms with van der Waals surface area (Å²) in [7, 11) is 0. The quantitative estimate of drug-likeness (QED) is 0.918. The molecule has 22 heavy (non-hydrogen) atoms. The Morgan fingerprint density at radius 2 is 2.00 bits per heavy atom. The number of nitrogens with zero attached hydrogens (tertiary/aromatic N) is 1. The second kappa shape index (κ2) is 5.65. The summed E-state index contributed by atoms with van der Waals surface area (Å²) in [6.45, 7) is 5.98. The van der Waals surface area contributed by atoms with Gasteiger partial charge in [-0.15, -0.1) is 0 Å². The third kappa shape index (κ3) is 2.46. The van der Waals surface area contributed by atoms with Crippen LogP contribution in [0.3, 0.4) is 0 Å². The number of ether oxygens (including phenoxy) is 1. The standard InChI is InChI=1S/C19H22N2O/c1-14-13-22-18-8-3-2-5-16(18)11-21(14)12-17-7-4-6-15-9-10-20-19(15)17/h2-8,14,20H,9-13H2,1H3. The summed E-state index contributed by atoms with van der Waals surface area (Å²) < 4.78 is 5.96. The number of rotatable bonds is 2. The Bertz CT molecular complexity index is 683. The molecule has 1 unspecified atom stereocenters. The second-order valence-corrected chi connectivity index (χ2v) is 6.30. The van der Waals surface area contributed by atoms with E-state index in [-0.39, 0.29) is 0 Å². The zero-order valence-electron chi connectivity index (χ0n) is 13.0. The van der Waals surface area contributed by atoms with Crippen LogP contribution in [0.25, 0.3) is 0 Å². The van der Waals surface area contributed by atoms with Crippen LogP contribution in [-0.4, -0.2) is 24.1 Å². The van der Waals surface area contributed by atoms with Crippen LogP contribution in [0.1, 0.15) is 23.6 Å². The molecule has 0 spiro atoms. The summed E-state index contributed by atoms with van der Waals surface area (Å²) in [5.41, 5.74) is 5.50. The highest BCUT2D eigenvalue weighted by Gasteiger charge is 2.23. The molecule has 3 heteroatoms. The van der Waals surface area contributed by atoms with Gasteiger partial charge in [-0.25, -0.2) is 0 Å². The molecule has 2 heterocycles. The molecular weight excluding hydrogens is 272 g/mol. The Morgan fingerprint density at radius 3 is 2.95 bits per heavy atom. The zero-order valence-corrected chi connectivity index (χ0v) is 13.0. The van der Waals surface area contributed by atoms with Crippen LogP contribution in [0.15, 0.2) is 42.5 Å². The highest BCUT2D eigenvalue weighted by Crippen LogP contribution is 2.30. The number of para-hydroxylation sites is 2. The molecule has 1 N–H and O–H groups in total. The van der Waals surface area contributed by atoms with E-state index >= 15 is 0 Å². The van der Waals surface area contributed by atoms with Crippen LogP contribution >= 0.6 is 0 Å². The van der Waals surface area contributed by atoms with E-state index in [1.807, 2.05) is 6.07 Å². The van der Waals surface area contributed by atoms with Crippen molar-refractivity contribution >= 4 is 5.69 Å². The van der Waals surface area contributed by atoms with Gasteiger partial charge in [0.25, 0.3) is 0 Å². The van der Waals surface area contributed by atoms with E-state index in [4.69, 9.17) is 4.74 Å². The Kier molecular flexibility index (Phi) is 3.51. The molecule has 114 valence electrons. The van der Waals surface area contributed by atoms with Gasteiger partial charge < -0.3 is 10.1 Å². The average molecular weight is 294 g/mol. The average Bonchev–Trinajstić information content (AvgIpc) is 2.96. The Morgan fingerprint density at radius 1 is 1.14 bits per heavy atom. The van der Waals surface area contributed by atoms with E-state index in [9.17, 15) is 0 Å². The van der Waals surface area contributed by atoms with Crippen molar-refractivity contribution in [3.05, 3.63) is 59.2 Å². The van der Waals surface area contributed by atoms with Gasteiger partial charge in [-0.3, -0.25) is 4.90 Å². The summed E-state index contributed by atoms with van der Waals surface area (Å²) in [5, 5.41) is 3.55. The van der Waals surface area contributed by atoms with Crippen molar-refractivity contribution in [2.75, 3.05) is 18.5 Å². The second-order valence-electron chi connectivity index (χ2n) is 6.30. The molecule has 0 amide bonds. The maximum atomic E-state index is 5.96. The first-order valence-electron chi connectivity index (χ1n) is 8.10. The SMILES string of the molecule is CC1COc2ccccc2CN1Cc1cccc2c1NCC2. The molecule has 0 radical (unpaired) electrons. The van der Waals surface area contributed by atoms with Crippen LogP contribution in [0.4, 0.5) is 5.69 Å². The van der Waals surface area contributed by atoms with Gasteiger partial charge in [-0.2, -0.15) is 0 Å².